The lowest BCUT2D eigenvalue weighted by atomic mass is 10.1. The van der Waals surface area contributed by atoms with Gasteiger partial charge in [0.25, 0.3) is 5.91 Å². The Morgan fingerprint density at radius 1 is 1.20 bits per heavy atom. The van der Waals surface area contributed by atoms with Crippen molar-refractivity contribution in [2.24, 2.45) is 5.73 Å². The minimum absolute atomic E-state index is 0.214. The van der Waals surface area contributed by atoms with Crippen molar-refractivity contribution in [2.45, 2.75) is 20.3 Å². The number of benzene rings is 1. The number of aryl methyl sites for hydroxylation is 2. The average molecular weight is 270 g/mol. The first-order valence-corrected chi connectivity index (χ1v) is 6.51. The lowest BCUT2D eigenvalue weighted by Gasteiger charge is -2.07. The zero-order valence-electron chi connectivity index (χ0n) is 11.7. The fourth-order valence-electron chi connectivity index (χ4n) is 1.99. The molecule has 104 valence electrons. The number of nitrogens with two attached hydrogens (primary N) is 1. The number of hydrogen-bond donors (Lipinski definition) is 2. The summed E-state index contributed by atoms with van der Waals surface area (Å²) in [6.07, 6.45) is 0.751. The maximum absolute atomic E-state index is 12.2. The lowest BCUT2D eigenvalue weighted by molar-refractivity contribution is 0.102. The van der Waals surface area contributed by atoms with Crippen LogP contribution >= 0.6 is 0 Å². The van der Waals surface area contributed by atoms with Crippen molar-refractivity contribution in [3.05, 3.63) is 52.8 Å². The van der Waals surface area contributed by atoms with Crippen molar-refractivity contribution in [3.63, 3.8) is 0 Å². The molecule has 0 saturated carbocycles. The monoisotopic (exact) mass is 270 g/mol. The first-order chi connectivity index (χ1) is 9.58. The Kier molecular flexibility index (Phi) is 4.42. The Hall–Kier alpha value is -2.27. The molecular weight excluding hydrogens is 252 g/mol. The molecule has 1 amide bonds. The van der Waals surface area contributed by atoms with Crippen LogP contribution in [-0.2, 0) is 6.42 Å². The van der Waals surface area contributed by atoms with Crippen LogP contribution in [-0.4, -0.2) is 22.4 Å². The highest BCUT2D eigenvalue weighted by Crippen LogP contribution is 2.09. The maximum Gasteiger partial charge on any atom is 0.258 e. The minimum Gasteiger partial charge on any atom is -0.330 e. The Morgan fingerprint density at radius 2 is 1.90 bits per heavy atom. The van der Waals surface area contributed by atoms with E-state index in [-0.39, 0.29) is 5.91 Å². The third-order valence-corrected chi connectivity index (χ3v) is 2.83. The number of nitrogens with one attached hydrogen (secondary N) is 1. The van der Waals surface area contributed by atoms with Gasteiger partial charge in [-0.15, -0.1) is 0 Å². The van der Waals surface area contributed by atoms with Crippen molar-refractivity contribution >= 4 is 11.9 Å². The lowest BCUT2D eigenvalue weighted by Crippen LogP contribution is -2.15. The van der Waals surface area contributed by atoms with Crippen LogP contribution in [0.25, 0.3) is 0 Å². The highest BCUT2D eigenvalue weighted by Gasteiger charge is 2.09. The van der Waals surface area contributed by atoms with E-state index in [0.717, 1.165) is 23.4 Å². The molecule has 0 radical (unpaired) electrons. The summed E-state index contributed by atoms with van der Waals surface area (Å²) in [6, 6.07) is 9.26. The molecule has 0 atom stereocenters. The quantitative estimate of drug-likeness (QED) is 0.888. The minimum atomic E-state index is -0.214. The van der Waals surface area contributed by atoms with E-state index in [4.69, 9.17) is 5.73 Å². The molecule has 0 aliphatic heterocycles. The number of nitrogens with zero attached hydrogens (tertiary/aromatic N) is 2. The van der Waals surface area contributed by atoms with Crippen molar-refractivity contribution in [1.29, 1.82) is 0 Å². The van der Waals surface area contributed by atoms with Gasteiger partial charge in [-0.25, -0.2) is 9.97 Å². The molecule has 20 heavy (non-hydrogen) atoms. The molecule has 2 aromatic rings. The second-order valence-corrected chi connectivity index (χ2v) is 4.67. The summed E-state index contributed by atoms with van der Waals surface area (Å²) < 4.78 is 0. The molecule has 0 fully saturated rings. The van der Waals surface area contributed by atoms with Crippen molar-refractivity contribution in [3.8, 4) is 0 Å². The molecule has 5 nitrogen and oxygen atoms in total. The van der Waals surface area contributed by atoms with E-state index in [9.17, 15) is 4.79 Å². The largest absolute Gasteiger partial charge is 0.330 e. The fourth-order valence-corrected chi connectivity index (χ4v) is 1.99. The van der Waals surface area contributed by atoms with Gasteiger partial charge in [0, 0.05) is 17.0 Å². The van der Waals surface area contributed by atoms with Gasteiger partial charge < -0.3 is 5.73 Å². The summed E-state index contributed by atoms with van der Waals surface area (Å²) in [4.78, 5) is 20.6. The molecule has 0 unspecified atom stereocenters. The topological polar surface area (TPSA) is 80.9 Å². The second-order valence-electron chi connectivity index (χ2n) is 4.67. The van der Waals surface area contributed by atoms with E-state index < -0.39 is 0 Å². The predicted molar refractivity (Wildman–Crippen MR) is 78.7 cm³/mol. The van der Waals surface area contributed by atoms with Crippen LogP contribution in [0.4, 0.5) is 5.95 Å². The van der Waals surface area contributed by atoms with E-state index in [1.807, 2.05) is 38.1 Å². The van der Waals surface area contributed by atoms with Gasteiger partial charge in [0.05, 0.1) is 0 Å². The first kappa shape index (κ1) is 14.1. The molecule has 3 N–H and O–H groups in total. The Labute approximate surface area is 118 Å². The zero-order valence-corrected chi connectivity index (χ0v) is 11.7. The van der Waals surface area contributed by atoms with Gasteiger partial charge in [-0.3, -0.25) is 10.1 Å². The van der Waals surface area contributed by atoms with Crippen LogP contribution in [0.2, 0.25) is 0 Å². The van der Waals surface area contributed by atoms with Crippen LogP contribution in [0.1, 0.15) is 27.3 Å². The predicted octanol–water partition coefficient (Wildman–Crippen LogP) is 1.85. The van der Waals surface area contributed by atoms with Crippen LogP contribution in [0, 0.1) is 13.8 Å². The Balaban J connectivity index is 2.17. The summed E-state index contributed by atoms with van der Waals surface area (Å²) in [5.74, 6) is 0.116. The van der Waals surface area contributed by atoms with Crippen molar-refractivity contribution in [2.75, 3.05) is 11.9 Å². The van der Waals surface area contributed by atoms with Crippen molar-refractivity contribution < 1.29 is 4.79 Å². The molecule has 1 heterocycles. The zero-order chi connectivity index (χ0) is 14.5. The molecular formula is C15H18N4O. The number of carbonyl (C=O) groups is 1. The standard InChI is InChI=1S/C15H18N4O/c1-10-8-11(2)18-15(17-10)19-14(20)13-5-3-4-12(9-13)6-7-16/h3-5,8-9H,6-7,16H2,1-2H3,(H,17,18,19,20). The third-order valence-electron chi connectivity index (χ3n) is 2.83. The van der Waals surface area contributed by atoms with Crippen molar-refractivity contribution in [1.82, 2.24) is 9.97 Å². The number of carbonyl (C=O) groups excluding carboxylic acids is 1. The van der Waals surface area contributed by atoms with E-state index >= 15 is 0 Å². The molecule has 1 aromatic heterocycles. The summed E-state index contributed by atoms with van der Waals surface area (Å²) in [6.45, 7) is 4.30. The highest BCUT2D eigenvalue weighted by atomic mass is 16.1. The van der Waals surface area contributed by atoms with Crippen LogP contribution in [0.15, 0.2) is 30.3 Å². The van der Waals surface area contributed by atoms with E-state index in [2.05, 4.69) is 15.3 Å². The number of hydrogen-bond acceptors (Lipinski definition) is 4. The Bertz CT molecular complexity index is 605. The molecule has 0 aliphatic rings. The van der Waals surface area contributed by atoms with Gasteiger partial charge in [-0.05, 0) is 50.6 Å². The van der Waals surface area contributed by atoms with E-state index in [1.54, 1.807) is 6.07 Å². The number of rotatable bonds is 4. The molecule has 5 heteroatoms. The normalized spacial score (nSPS) is 10.3. The smallest absolute Gasteiger partial charge is 0.258 e. The Morgan fingerprint density at radius 3 is 2.55 bits per heavy atom. The average Bonchev–Trinajstić information content (AvgIpc) is 2.38. The first-order valence-electron chi connectivity index (χ1n) is 6.51. The molecule has 0 aliphatic carbocycles. The third kappa shape index (κ3) is 3.61. The highest BCUT2D eigenvalue weighted by molar-refractivity contribution is 6.03. The van der Waals surface area contributed by atoms with Gasteiger partial charge in [-0.2, -0.15) is 0 Å². The second kappa shape index (κ2) is 6.25. The molecule has 0 saturated heterocycles. The fraction of sp³-hybridized carbons (Fsp3) is 0.267. The summed E-state index contributed by atoms with van der Waals surface area (Å²) in [5, 5.41) is 2.72. The summed E-state index contributed by atoms with van der Waals surface area (Å²) in [7, 11) is 0. The van der Waals surface area contributed by atoms with Gasteiger partial charge in [0.15, 0.2) is 0 Å². The van der Waals surface area contributed by atoms with Gasteiger partial charge >= 0.3 is 0 Å². The van der Waals surface area contributed by atoms with Crippen LogP contribution in [0.5, 0.6) is 0 Å². The molecule has 0 bridgehead atoms. The SMILES string of the molecule is Cc1cc(C)nc(NC(=O)c2cccc(CCN)c2)n1. The molecule has 0 spiro atoms. The van der Waals surface area contributed by atoms with Gasteiger partial charge in [-0.1, -0.05) is 12.1 Å². The van der Waals surface area contributed by atoms with Crippen LogP contribution in [0.3, 0.4) is 0 Å². The molecule has 2 rings (SSSR count). The van der Waals surface area contributed by atoms with Gasteiger partial charge in [0.2, 0.25) is 5.95 Å². The summed E-state index contributed by atoms with van der Waals surface area (Å²) in [5.41, 5.74) is 8.80. The molecule has 1 aromatic carbocycles. The van der Waals surface area contributed by atoms with E-state index in [1.165, 1.54) is 0 Å². The van der Waals surface area contributed by atoms with Crippen LogP contribution < -0.4 is 11.1 Å². The summed E-state index contributed by atoms with van der Waals surface area (Å²) >= 11 is 0. The van der Waals surface area contributed by atoms with Gasteiger partial charge in [0.1, 0.15) is 0 Å². The number of aromatic nitrogens is 2. The van der Waals surface area contributed by atoms with E-state index in [0.29, 0.717) is 18.1 Å². The number of anilines is 1. The number of amides is 1. The maximum atomic E-state index is 12.2.